The second-order valence-electron chi connectivity index (χ2n) is 7.55. The Labute approximate surface area is 149 Å². The lowest BCUT2D eigenvalue weighted by Crippen LogP contribution is -2.36. The number of piperidine rings is 1. The van der Waals surface area contributed by atoms with Gasteiger partial charge in [0, 0.05) is 13.2 Å². The number of aliphatic hydroxyl groups excluding tert-OH is 1. The summed E-state index contributed by atoms with van der Waals surface area (Å²) in [4.78, 5) is 2.55. The molecule has 2 heteroatoms. The highest BCUT2D eigenvalue weighted by molar-refractivity contribution is 5.22. The topological polar surface area (TPSA) is 23.5 Å². The third-order valence-corrected chi connectivity index (χ3v) is 5.52. The van der Waals surface area contributed by atoms with Gasteiger partial charge in [0.25, 0.3) is 0 Å². The smallest absolute Gasteiger partial charge is 0.0460 e. The van der Waals surface area contributed by atoms with E-state index in [0.717, 1.165) is 38.9 Å². The van der Waals surface area contributed by atoms with Crippen molar-refractivity contribution in [1.82, 2.24) is 4.90 Å². The zero-order valence-corrected chi connectivity index (χ0v) is 15.7. The van der Waals surface area contributed by atoms with Crippen LogP contribution in [0.4, 0.5) is 0 Å². The maximum atomic E-state index is 9.21. The van der Waals surface area contributed by atoms with Crippen molar-refractivity contribution in [2.75, 3.05) is 26.2 Å². The van der Waals surface area contributed by atoms with Crippen molar-refractivity contribution < 1.29 is 5.11 Å². The van der Waals surface area contributed by atoms with Crippen LogP contribution < -0.4 is 0 Å². The molecule has 0 spiro atoms. The van der Waals surface area contributed by atoms with E-state index in [1.807, 2.05) is 0 Å². The number of aryl methyl sites for hydroxylation is 1. The predicted octanol–water partition coefficient (Wildman–Crippen LogP) is 4.84. The number of nitrogens with zero attached hydrogens (tertiary/aromatic N) is 1. The van der Waals surface area contributed by atoms with Gasteiger partial charge in [0.2, 0.25) is 0 Å². The van der Waals surface area contributed by atoms with Crippen molar-refractivity contribution in [3.63, 3.8) is 0 Å². The fourth-order valence-electron chi connectivity index (χ4n) is 3.66. The molecule has 0 bridgehead atoms. The second kappa shape index (κ2) is 11.7. The summed E-state index contributed by atoms with van der Waals surface area (Å²) in [7, 11) is 0. The van der Waals surface area contributed by atoms with E-state index in [1.54, 1.807) is 0 Å². The highest BCUT2D eigenvalue weighted by Crippen LogP contribution is 2.17. The second-order valence-corrected chi connectivity index (χ2v) is 7.55. The standard InChI is InChI=1S/C22H37NO/c1-2-3-4-5-6-7-8-20-9-11-21(12-10-20)13-16-23-17-14-22(19-24)15-18-23/h9-12,22,24H,2-8,13-19H2,1H3. The lowest BCUT2D eigenvalue weighted by molar-refractivity contribution is 0.132. The molecule has 2 rings (SSSR count). The van der Waals surface area contributed by atoms with Gasteiger partial charge in [-0.1, -0.05) is 63.3 Å². The number of benzene rings is 1. The van der Waals surface area contributed by atoms with Gasteiger partial charge < -0.3 is 10.0 Å². The predicted molar refractivity (Wildman–Crippen MR) is 103 cm³/mol. The van der Waals surface area contributed by atoms with Crippen molar-refractivity contribution in [2.24, 2.45) is 5.92 Å². The summed E-state index contributed by atoms with van der Waals surface area (Å²) in [6, 6.07) is 9.32. The first kappa shape index (κ1) is 19.5. The molecule has 2 nitrogen and oxygen atoms in total. The molecule has 1 fully saturated rings. The number of likely N-dealkylation sites (tertiary alicyclic amines) is 1. The molecule has 1 aromatic carbocycles. The molecule has 1 saturated heterocycles. The number of aliphatic hydroxyl groups is 1. The molecule has 0 atom stereocenters. The first-order valence-electron chi connectivity index (χ1n) is 10.2. The van der Waals surface area contributed by atoms with E-state index >= 15 is 0 Å². The third kappa shape index (κ3) is 7.36. The van der Waals surface area contributed by atoms with Crippen molar-refractivity contribution >= 4 is 0 Å². The minimum atomic E-state index is 0.369. The van der Waals surface area contributed by atoms with Gasteiger partial charge >= 0.3 is 0 Å². The minimum absolute atomic E-state index is 0.369. The Bertz CT molecular complexity index is 420. The molecule has 0 amide bonds. The molecule has 1 aromatic rings. The van der Waals surface area contributed by atoms with Gasteiger partial charge in [0.05, 0.1) is 0 Å². The zero-order chi connectivity index (χ0) is 17.0. The number of hydrogen-bond donors (Lipinski definition) is 1. The zero-order valence-electron chi connectivity index (χ0n) is 15.7. The van der Waals surface area contributed by atoms with E-state index < -0.39 is 0 Å². The van der Waals surface area contributed by atoms with E-state index in [4.69, 9.17) is 0 Å². The van der Waals surface area contributed by atoms with E-state index in [9.17, 15) is 5.11 Å². The molecular weight excluding hydrogens is 294 g/mol. The van der Waals surface area contributed by atoms with Crippen LogP contribution in [0.1, 0.15) is 69.4 Å². The lowest BCUT2D eigenvalue weighted by Gasteiger charge is -2.31. The Balaban J connectivity index is 1.60. The highest BCUT2D eigenvalue weighted by Gasteiger charge is 2.17. The Kier molecular flexibility index (Phi) is 9.45. The van der Waals surface area contributed by atoms with Gasteiger partial charge in [0.15, 0.2) is 0 Å². The van der Waals surface area contributed by atoms with Gasteiger partial charge in [-0.25, -0.2) is 0 Å². The van der Waals surface area contributed by atoms with Crippen LogP contribution in [0.15, 0.2) is 24.3 Å². The van der Waals surface area contributed by atoms with E-state index in [1.165, 1.54) is 56.1 Å². The average molecular weight is 332 g/mol. The van der Waals surface area contributed by atoms with Gasteiger partial charge in [-0.15, -0.1) is 0 Å². The first-order chi connectivity index (χ1) is 11.8. The van der Waals surface area contributed by atoms with Gasteiger partial charge in [0.1, 0.15) is 0 Å². The summed E-state index contributed by atoms with van der Waals surface area (Å²) >= 11 is 0. The molecule has 0 aliphatic carbocycles. The molecule has 1 heterocycles. The maximum Gasteiger partial charge on any atom is 0.0460 e. The molecule has 1 aliphatic rings. The van der Waals surface area contributed by atoms with Crippen molar-refractivity contribution in [3.8, 4) is 0 Å². The van der Waals surface area contributed by atoms with Gasteiger partial charge in [-0.05, 0) is 62.2 Å². The van der Waals surface area contributed by atoms with Crippen LogP contribution >= 0.6 is 0 Å². The molecule has 136 valence electrons. The van der Waals surface area contributed by atoms with E-state index in [-0.39, 0.29) is 0 Å². The summed E-state index contributed by atoms with van der Waals surface area (Å²) in [5.74, 6) is 0.544. The molecule has 0 saturated carbocycles. The Morgan fingerprint density at radius 1 is 0.875 bits per heavy atom. The van der Waals surface area contributed by atoms with Crippen molar-refractivity contribution in [1.29, 1.82) is 0 Å². The minimum Gasteiger partial charge on any atom is -0.396 e. The van der Waals surface area contributed by atoms with Crippen molar-refractivity contribution in [3.05, 3.63) is 35.4 Å². The fourth-order valence-corrected chi connectivity index (χ4v) is 3.66. The summed E-state index contributed by atoms with van der Waals surface area (Å²) in [5, 5.41) is 9.21. The van der Waals surface area contributed by atoms with Crippen LogP contribution in [-0.2, 0) is 12.8 Å². The maximum absolute atomic E-state index is 9.21. The Morgan fingerprint density at radius 3 is 2.08 bits per heavy atom. The highest BCUT2D eigenvalue weighted by atomic mass is 16.3. The molecular formula is C22H37NO. The number of rotatable bonds is 11. The molecule has 0 aromatic heterocycles. The fraction of sp³-hybridized carbons (Fsp3) is 0.727. The molecule has 1 aliphatic heterocycles. The monoisotopic (exact) mass is 331 g/mol. The number of unbranched alkanes of at least 4 members (excludes halogenated alkanes) is 5. The van der Waals surface area contributed by atoms with Gasteiger partial charge in [-0.3, -0.25) is 0 Å². The Morgan fingerprint density at radius 2 is 1.46 bits per heavy atom. The average Bonchev–Trinajstić information content (AvgIpc) is 2.64. The molecule has 0 radical (unpaired) electrons. The quantitative estimate of drug-likeness (QED) is 0.587. The summed E-state index contributed by atoms with van der Waals surface area (Å²) < 4.78 is 0. The molecule has 0 unspecified atom stereocenters. The first-order valence-corrected chi connectivity index (χ1v) is 10.2. The Hall–Kier alpha value is -0.860. The summed E-state index contributed by atoms with van der Waals surface area (Å²) in [5.41, 5.74) is 2.96. The SMILES string of the molecule is CCCCCCCCc1ccc(CCN2CCC(CO)CC2)cc1. The summed E-state index contributed by atoms with van der Waals surface area (Å²) in [6.45, 7) is 6.12. The normalized spacial score (nSPS) is 16.6. The largest absolute Gasteiger partial charge is 0.396 e. The van der Waals surface area contributed by atoms with Crippen LogP contribution in [0, 0.1) is 5.92 Å². The summed E-state index contributed by atoms with van der Waals surface area (Å²) in [6.07, 6.45) is 13.0. The number of hydrogen-bond acceptors (Lipinski definition) is 2. The third-order valence-electron chi connectivity index (χ3n) is 5.52. The van der Waals surface area contributed by atoms with Crippen LogP contribution in [0.25, 0.3) is 0 Å². The van der Waals surface area contributed by atoms with Crippen LogP contribution in [0.5, 0.6) is 0 Å². The van der Waals surface area contributed by atoms with Crippen LogP contribution in [0.3, 0.4) is 0 Å². The van der Waals surface area contributed by atoms with E-state index in [0.29, 0.717) is 12.5 Å². The van der Waals surface area contributed by atoms with E-state index in [2.05, 4.69) is 36.1 Å². The molecule has 1 N–H and O–H groups in total. The van der Waals surface area contributed by atoms with Crippen molar-refractivity contribution in [2.45, 2.75) is 71.1 Å². The van der Waals surface area contributed by atoms with Crippen LogP contribution in [-0.4, -0.2) is 36.2 Å². The lowest BCUT2D eigenvalue weighted by atomic mass is 9.97. The van der Waals surface area contributed by atoms with Crippen LogP contribution in [0.2, 0.25) is 0 Å². The van der Waals surface area contributed by atoms with Gasteiger partial charge in [-0.2, -0.15) is 0 Å². The molecule has 24 heavy (non-hydrogen) atoms.